The Balaban J connectivity index is 2.37. The number of ether oxygens (including phenoxy) is 1. The summed E-state index contributed by atoms with van der Waals surface area (Å²) in [6.45, 7) is 2.14. The highest BCUT2D eigenvalue weighted by atomic mass is 79.9. The van der Waals surface area contributed by atoms with Gasteiger partial charge in [-0.1, -0.05) is 15.9 Å². The van der Waals surface area contributed by atoms with Crippen LogP contribution in [-0.4, -0.2) is 17.8 Å². The van der Waals surface area contributed by atoms with Crippen molar-refractivity contribution >= 4 is 15.9 Å². The van der Waals surface area contributed by atoms with Gasteiger partial charge in [-0.2, -0.15) is 0 Å². The van der Waals surface area contributed by atoms with Crippen molar-refractivity contribution in [3.63, 3.8) is 0 Å². The van der Waals surface area contributed by atoms with Crippen molar-refractivity contribution in [3.8, 4) is 5.75 Å². The van der Waals surface area contributed by atoms with Crippen LogP contribution in [0.5, 0.6) is 5.75 Å². The van der Waals surface area contributed by atoms with Gasteiger partial charge >= 0.3 is 0 Å². The van der Waals surface area contributed by atoms with Crippen molar-refractivity contribution in [2.24, 2.45) is 0 Å². The van der Waals surface area contributed by atoms with Gasteiger partial charge in [0.1, 0.15) is 11.9 Å². The van der Waals surface area contributed by atoms with Gasteiger partial charge in [0.05, 0.1) is 6.61 Å². The van der Waals surface area contributed by atoms with Gasteiger partial charge in [-0.15, -0.1) is 0 Å². The monoisotopic (exact) mass is 256 g/mol. The van der Waals surface area contributed by atoms with E-state index in [1.807, 2.05) is 13.0 Å². The van der Waals surface area contributed by atoms with Crippen molar-refractivity contribution in [1.82, 2.24) is 0 Å². The number of aliphatic hydroxyl groups excluding tert-OH is 1. The van der Waals surface area contributed by atoms with Gasteiger partial charge in [0.15, 0.2) is 0 Å². The minimum atomic E-state index is -0.0256. The summed E-state index contributed by atoms with van der Waals surface area (Å²) in [5.74, 6) is 0.957. The molecular formula is C11H13BrO2. The number of rotatable bonds is 1. The van der Waals surface area contributed by atoms with E-state index in [0.29, 0.717) is 0 Å². The smallest absolute Gasteiger partial charge is 0.126 e. The molecule has 1 N–H and O–H groups in total. The van der Waals surface area contributed by atoms with Gasteiger partial charge in [-0.25, -0.2) is 0 Å². The Morgan fingerprint density at radius 3 is 3.07 bits per heavy atom. The van der Waals surface area contributed by atoms with Gasteiger partial charge in [0, 0.05) is 4.47 Å². The second-order valence-electron chi connectivity index (χ2n) is 3.67. The zero-order chi connectivity index (χ0) is 10.1. The van der Waals surface area contributed by atoms with Crippen LogP contribution in [-0.2, 0) is 6.42 Å². The number of hydrogen-bond acceptors (Lipinski definition) is 2. The van der Waals surface area contributed by atoms with E-state index in [2.05, 4.69) is 22.0 Å². The second-order valence-corrected chi connectivity index (χ2v) is 4.59. The Bertz CT molecular complexity index is 349. The molecule has 76 valence electrons. The summed E-state index contributed by atoms with van der Waals surface area (Å²) < 4.78 is 6.79. The molecule has 1 atom stereocenters. The normalized spacial score (nSPS) is 20.1. The molecule has 0 aliphatic carbocycles. The third-order valence-corrected chi connectivity index (χ3v) is 3.00. The topological polar surface area (TPSA) is 29.5 Å². The van der Waals surface area contributed by atoms with E-state index >= 15 is 0 Å². The van der Waals surface area contributed by atoms with Gasteiger partial charge in [-0.3, -0.25) is 0 Å². The molecule has 0 saturated carbocycles. The molecule has 0 fully saturated rings. The van der Waals surface area contributed by atoms with Crippen molar-refractivity contribution in [3.05, 3.63) is 27.7 Å². The number of benzene rings is 1. The van der Waals surface area contributed by atoms with Crippen LogP contribution < -0.4 is 4.74 Å². The van der Waals surface area contributed by atoms with Crippen LogP contribution in [0, 0.1) is 6.92 Å². The summed E-state index contributed by atoms with van der Waals surface area (Å²) >= 11 is 3.47. The van der Waals surface area contributed by atoms with Gasteiger partial charge < -0.3 is 9.84 Å². The fourth-order valence-corrected chi connectivity index (χ4v) is 2.44. The molecule has 1 unspecified atom stereocenters. The molecule has 0 amide bonds. The number of fused-ring (bicyclic) bond motifs is 1. The summed E-state index contributed by atoms with van der Waals surface area (Å²) in [4.78, 5) is 0. The Hall–Kier alpha value is -0.540. The molecule has 3 heteroatoms. The zero-order valence-corrected chi connectivity index (χ0v) is 9.67. The number of halogens is 1. The highest BCUT2D eigenvalue weighted by Gasteiger charge is 2.20. The van der Waals surface area contributed by atoms with Crippen LogP contribution in [0.25, 0.3) is 0 Å². The molecule has 2 rings (SSSR count). The first-order chi connectivity index (χ1) is 6.70. The van der Waals surface area contributed by atoms with Gasteiger partial charge in [-0.05, 0) is 43.0 Å². The fourth-order valence-electron chi connectivity index (χ4n) is 1.82. The predicted molar refractivity (Wildman–Crippen MR) is 58.7 cm³/mol. The lowest BCUT2D eigenvalue weighted by molar-refractivity contribution is 0.0970. The summed E-state index contributed by atoms with van der Waals surface area (Å²) in [7, 11) is 0. The predicted octanol–water partition coefficient (Wildman–Crippen LogP) is 2.44. The zero-order valence-electron chi connectivity index (χ0n) is 8.09. The third kappa shape index (κ3) is 1.79. The lowest BCUT2D eigenvalue weighted by Gasteiger charge is -2.26. The molecule has 14 heavy (non-hydrogen) atoms. The first kappa shape index (κ1) is 9.99. The number of hydrogen-bond donors (Lipinski definition) is 1. The largest absolute Gasteiger partial charge is 0.487 e. The van der Waals surface area contributed by atoms with Crippen LogP contribution in [0.15, 0.2) is 16.6 Å². The van der Waals surface area contributed by atoms with E-state index in [9.17, 15) is 0 Å². The Morgan fingerprint density at radius 1 is 1.57 bits per heavy atom. The highest BCUT2D eigenvalue weighted by Crippen LogP contribution is 2.33. The lowest BCUT2D eigenvalue weighted by Crippen LogP contribution is -2.26. The molecule has 1 aliphatic rings. The maximum absolute atomic E-state index is 9.03. The molecule has 2 nitrogen and oxygen atoms in total. The van der Waals surface area contributed by atoms with E-state index in [1.165, 1.54) is 5.56 Å². The van der Waals surface area contributed by atoms with Crippen molar-refractivity contribution in [2.45, 2.75) is 25.9 Å². The maximum atomic E-state index is 9.03. The molecule has 0 radical (unpaired) electrons. The maximum Gasteiger partial charge on any atom is 0.126 e. The van der Waals surface area contributed by atoms with Crippen molar-refractivity contribution in [2.75, 3.05) is 6.61 Å². The molecule has 0 spiro atoms. The molecule has 0 bridgehead atoms. The average Bonchev–Trinajstić information content (AvgIpc) is 2.17. The molecule has 1 aromatic rings. The Labute approximate surface area is 92.0 Å². The van der Waals surface area contributed by atoms with Crippen LogP contribution in [0.3, 0.4) is 0 Å². The van der Waals surface area contributed by atoms with E-state index in [0.717, 1.165) is 28.6 Å². The van der Waals surface area contributed by atoms with Crippen molar-refractivity contribution < 1.29 is 9.84 Å². The molecular weight excluding hydrogens is 244 g/mol. The molecule has 0 aromatic heterocycles. The SMILES string of the molecule is Cc1cc(Br)cc2c1OC(CO)CC2. The van der Waals surface area contributed by atoms with E-state index in [-0.39, 0.29) is 12.7 Å². The Morgan fingerprint density at radius 2 is 2.36 bits per heavy atom. The Kier molecular flexibility index (Phi) is 2.79. The minimum Gasteiger partial charge on any atom is -0.487 e. The summed E-state index contributed by atoms with van der Waals surface area (Å²) in [5.41, 5.74) is 2.37. The lowest BCUT2D eigenvalue weighted by atomic mass is 10.00. The highest BCUT2D eigenvalue weighted by molar-refractivity contribution is 9.10. The van der Waals surface area contributed by atoms with Gasteiger partial charge in [0.2, 0.25) is 0 Å². The first-order valence-electron chi connectivity index (χ1n) is 4.77. The van der Waals surface area contributed by atoms with Crippen LogP contribution in [0.2, 0.25) is 0 Å². The van der Waals surface area contributed by atoms with E-state index in [4.69, 9.17) is 9.84 Å². The fraction of sp³-hybridized carbons (Fsp3) is 0.455. The third-order valence-electron chi connectivity index (χ3n) is 2.54. The van der Waals surface area contributed by atoms with Crippen LogP contribution in [0.1, 0.15) is 17.5 Å². The van der Waals surface area contributed by atoms with Gasteiger partial charge in [0.25, 0.3) is 0 Å². The number of aryl methyl sites for hydroxylation is 2. The standard InChI is InChI=1S/C11H13BrO2/c1-7-4-9(12)5-8-2-3-10(6-13)14-11(7)8/h4-5,10,13H,2-3,6H2,1H3. The summed E-state index contributed by atoms with van der Waals surface area (Å²) in [5, 5.41) is 9.03. The second kappa shape index (κ2) is 3.91. The van der Waals surface area contributed by atoms with E-state index < -0.39 is 0 Å². The van der Waals surface area contributed by atoms with Crippen LogP contribution in [0.4, 0.5) is 0 Å². The van der Waals surface area contributed by atoms with Crippen LogP contribution >= 0.6 is 15.9 Å². The number of aliphatic hydroxyl groups is 1. The van der Waals surface area contributed by atoms with E-state index in [1.54, 1.807) is 0 Å². The summed E-state index contributed by atoms with van der Waals surface area (Å²) in [6.07, 6.45) is 1.86. The first-order valence-corrected chi connectivity index (χ1v) is 5.56. The van der Waals surface area contributed by atoms with Crippen molar-refractivity contribution in [1.29, 1.82) is 0 Å². The molecule has 1 aromatic carbocycles. The summed E-state index contributed by atoms with van der Waals surface area (Å²) in [6, 6.07) is 4.13. The molecule has 1 aliphatic heterocycles. The quantitative estimate of drug-likeness (QED) is 0.837. The minimum absolute atomic E-state index is 0.0256. The average molecular weight is 257 g/mol. The molecule has 1 heterocycles. The molecule has 0 saturated heterocycles.